The van der Waals surface area contributed by atoms with E-state index < -0.39 is 0 Å². The quantitative estimate of drug-likeness (QED) is 0.787. The minimum Gasteiger partial charge on any atom is -0.497 e. The zero-order valence-electron chi connectivity index (χ0n) is 14.1. The van der Waals surface area contributed by atoms with Crippen LogP contribution in [0.5, 0.6) is 11.5 Å². The molecule has 2 aliphatic rings. The number of nitrogens with zero attached hydrogens (tertiary/aromatic N) is 1. The molecule has 2 aromatic rings. The number of fused-ring (bicyclic) bond motifs is 1. The van der Waals surface area contributed by atoms with Crippen molar-refractivity contribution in [1.82, 2.24) is 4.90 Å². The highest BCUT2D eigenvalue weighted by Crippen LogP contribution is 2.59. The fourth-order valence-electron chi connectivity index (χ4n) is 3.70. The fourth-order valence-corrected chi connectivity index (χ4v) is 3.70. The topological polar surface area (TPSA) is 55.8 Å². The Kier molecular flexibility index (Phi) is 3.71. The van der Waals surface area contributed by atoms with Crippen molar-refractivity contribution in [3.05, 3.63) is 59.7 Å². The highest BCUT2D eigenvalue weighted by Gasteiger charge is 2.67. The van der Waals surface area contributed by atoms with Crippen LogP contribution in [0.25, 0.3) is 0 Å². The summed E-state index contributed by atoms with van der Waals surface area (Å²) in [5.41, 5.74) is 1.95. The summed E-state index contributed by atoms with van der Waals surface area (Å²) in [6.45, 7) is 0.323. The Balaban J connectivity index is 1.47. The summed E-state index contributed by atoms with van der Waals surface area (Å²) >= 11 is 0. The second-order valence-electron chi connectivity index (χ2n) is 6.46. The van der Waals surface area contributed by atoms with E-state index in [1.165, 1.54) is 4.90 Å². The smallest absolute Gasteiger partial charge is 0.234 e. The van der Waals surface area contributed by atoms with Crippen LogP contribution >= 0.6 is 0 Å². The number of likely N-dealkylation sites (tertiary alicyclic amines) is 1. The molecule has 3 atom stereocenters. The number of ether oxygens (including phenoxy) is 2. The molecule has 1 aliphatic heterocycles. The normalized spacial score (nSPS) is 24.2. The maximum absolute atomic E-state index is 12.6. The molecule has 5 heteroatoms. The fraction of sp³-hybridized carbons (Fsp3) is 0.300. The molecule has 0 aromatic heterocycles. The molecule has 1 saturated carbocycles. The van der Waals surface area contributed by atoms with Crippen LogP contribution in [-0.2, 0) is 16.1 Å². The first-order valence-corrected chi connectivity index (χ1v) is 8.26. The Hall–Kier alpha value is -2.82. The van der Waals surface area contributed by atoms with Crippen molar-refractivity contribution in [2.24, 2.45) is 11.8 Å². The van der Waals surface area contributed by atoms with Gasteiger partial charge in [0.1, 0.15) is 11.5 Å². The number of rotatable bonds is 5. The van der Waals surface area contributed by atoms with Gasteiger partial charge in [0, 0.05) is 5.92 Å². The second kappa shape index (κ2) is 5.92. The van der Waals surface area contributed by atoms with Crippen molar-refractivity contribution < 1.29 is 19.1 Å². The number of hydrogen-bond donors (Lipinski definition) is 0. The molecule has 1 heterocycles. The second-order valence-corrected chi connectivity index (χ2v) is 6.46. The predicted octanol–water partition coefficient (Wildman–Crippen LogP) is 2.60. The van der Waals surface area contributed by atoms with Crippen LogP contribution in [0.3, 0.4) is 0 Å². The van der Waals surface area contributed by atoms with Crippen molar-refractivity contribution >= 4 is 11.8 Å². The Morgan fingerprint density at radius 3 is 1.72 bits per heavy atom. The molecule has 0 N–H and O–H groups in total. The van der Waals surface area contributed by atoms with E-state index in [4.69, 9.17) is 9.47 Å². The lowest BCUT2D eigenvalue weighted by atomic mass is 10.1. The molecule has 2 fully saturated rings. The Morgan fingerprint density at radius 2 is 1.24 bits per heavy atom. The zero-order valence-corrected chi connectivity index (χ0v) is 14.1. The van der Waals surface area contributed by atoms with E-state index in [1.54, 1.807) is 14.2 Å². The first-order valence-electron chi connectivity index (χ1n) is 8.26. The first kappa shape index (κ1) is 15.7. The number of amides is 2. The van der Waals surface area contributed by atoms with E-state index in [1.807, 2.05) is 48.5 Å². The minimum absolute atomic E-state index is 0.0121. The minimum atomic E-state index is -0.209. The Labute approximate surface area is 146 Å². The largest absolute Gasteiger partial charge is 0.497 e. The maximum Gasteiger partial charge on any atom is 0.234 e. The predicted molar refractivity (Wildman–Crippen MR) is 91.3 cm³/mol. The summed E-state index contributed by atoms with van der Waals surface area (Å²) in [5.74, 6) is 0.994. The Bertz CT molecular complexity index is 791. The molecule has 1 aliphatic carbocycles. The third kappa shape index (κ3) is 2.56. The molecule has 5 nitrogen and oxygen atoms in total. The number of carbonyl (C=O) groups is 2. The highest BCUT2D eigenvalue weighted by atomic mass is 16.5. The lowest BCUT2D eigenvalue weighted by molar-refractivity contribution is -0.142. The van der Waals surface area contributed by atoms with Crippen molar-refractivity contribution in [2.45, 2.75) is 12.5 Å². The summed E-state index contributed by atoms with van der Waals surface area (Å²) in [4.78, 5) is 26.7. The molecule has 1 saturated heterocycles. The van der Waals surface area contributed by atoms with Crippen LogP contribution in [0.1, 0.15) is 17.0 Å². The number of benzene rings is 2. The van der Waals surface area contributed by atoms with Gasteiger partial charge in [0.05, 0.1) is 32.6 Å². The molecule has 4 rings (SSSR count). The van der Waals surface area contributed by atoms with Gasteiger partial charge in [-0.3, -0.25) is 14.5 Å². The van der Waals surface area contributed by atoms with Gasteiger partial charge in [-0.15, -0.1) is 0 Å². The number of hydrogen-bond acceptors (Lipinski definition) is 4. The van der Waals surface area contributed by atoms with E-state index in [-0.39, 0.29) is 29.6 Å². The number of piperidine rings is 1. The van der Waals surface area contributed by atoms with Gasteiger partial charge < -0.3 is 9.47 Å². The van der Waals surface area contributed by atoms with E-state index >= 15 is 0 Å². The third-order valence-electron chi connectivity index (χ3n) is 5.12. The highest BCUT2D eigenvalue weighted by molar-refractivity contribution is 6.10. The number of methoxy groups -OCH3 is 2. The lowest BCUT2D eigenvalue weighted by Gasteiger charge is -2.18. The molecular formula is C20H19NO4. The van der Waals surface area contributed by atoms with Gasteiger partial charge in [0.15, 0.2) is 0 Å². The van der Waals surface area contributed by atoms with Crippen LogP contribution in [0, 0.1) is 11.8 Å². The van der Waals surface area contributed by atoms with Gasteiger partial charge >= 0.3 is 0 Å². The molecule has 2 amide bonds. The molecule has 25 heavy (non-hydrogen) atoms. The van der Waals surface area contributed by atoms with Gasteiger partial charge in [-0.25, -0.2) is 0 Å². The molecule has 2 aromatic carbocycles. The van der Waals surface area contributed by atoms with Crippen molar-refractivity contribution in [3.63, 3.8) is 0 Å². The maximum atomic E-state index is 12.6. The lowest BCUT2D eigenvalue weighted by Crippen LogP contribution is -2.33. The Morgan fingerprint density at radius 1 is 0.760 bits per heavy atom. The van der Waals surface area contributed by atoms with E-state index in [0.717, 1.165) is 22.6 Å². The third-order valence-corrected chi connectivity index (χ3v) is 5.12. The van der Waals surface area contributed by atoms with Crippen LogP contribution in [-0.4, -0.2) is 30.9 Å². The average Bonchev–Trinajstić information content (AvgIpc) is 3.35. The zero-order chi connectivity index (χ0) is 17.6. The summed E-state index contributed by atoms with van der Waals surface area (Å²) in [6.07, 6.45) is 0. The molecule has 0 spiro atoms. The standard InChI is InChI=1S/C20H19NO4/c1-24-14-7-3-12(4-8-14)11-21-19(22)17-16(18(17)20(21)23)13-5-9-15(25-2)10-6-13/h3-10,16-18H,11H2,1-2H3/t16-,17-,18?/m1/s1. The summed E-state index contributed by atoms with van der Waals surface area (Å²) in [5, 5.41) is 0. The summed E-state index contributed by atoms with van der Waals surface area (Å²) in [7, 11) is 3.22. The van der Waals surface area contributed by atoms with Crippen molar-refractivity contribution in [1.29, 1.82) is 0 Å². The van der Waals surface area contributed by atoms with Crippen molar-refractivity contribution in [2.75, 3.05) is 14.2 Å². The van der Waals surface area contributed by atoms with E-state index in [0.29, 0.717) is 6.54 Å². The SMILES string of the molecule is COc1ccc(CN2C(=O)C3[C@H](C2=O)[C@H]3c2ccc(OC)cc2)cc1. The molecule has 1 unspecified atom stereocenters. The monoisotopic (exact) mass is 337 g/mol. The first-order chi connectivity index (χ1) is 12.1. The van der Waals surface area contributed by atoms with Gasteiger partial charge in [0.2, 0.25) is 11.8 Å². The molecule has 0 radical (unpaired) electrons. The van der Waals surface area contributed by atoms with Crippen LogP contribution in [0.2, 0.25) is 0 Å². The molecular weight excluding hydrogens is 318 g/mol. The molecule has 128 valence electrons. The molecule has 0 bridgehead atoms. The van der Waals surface area contributed by atoms with Crippen LogP contribution < -0.4 is 9.47 Å². The summed E-state index contributed by atoms with van der Waals surface area (Å²) in [6, 6.07) is 15.0. The van der Waals surface area contributed by atoms with Gasteiger partial charge in [0.25, 0.3) is 0 Å². The summed E-state index contributed by atoms with van der Waals surface area (Å²) < 4.78 is 10.3. The number of carbonyl (C=O) groups excluding carboxylic acids is 2. The van der Waals surface area contributed by atoms with Crippen LogP contribution in [0.4, 0.5) is 0 Å². The average molecular weight is 337 g/mol. The number of imide groups is 1. The van der Waals surface area contributed by atoms with Gasteiger partial charge in [-0.05, 0) is 35.4 Å². The van der Waals surface area contributed by atoms with Gasteiger partial charge in [-0.1, -0.05) is 24.3 Å². The van der Waals surface area contributed by atoms with Crippen LogP contribution in [0.15, 0.2) is 48.5 Å². The van der Waals surface area contributed by atoms with Gasteiger partial charge in [-0.2, -0.15) is 0 Å². The van der Waals surface area contributed by atoms with Crippen molar-refractivity contribution in [3.8, 4) is 11.5 Å². The van der Waals surface area contributed by atoms with E-state index in [2.05, 4.69) is 0 Å². The van der Waals surface area contributed by atoms with E-state index in [9.17, 15) is 9.59 Å².